The Balaban J connectivity index is 2.69. The second kappa shape index (κ2) is 5.26. The first-order chi connectivity index (χ1) is 6.25. The molecule has 0 aromatic heterocycles. The molecule has 1 atom stereocenters. The molecule has 1 unspecified atom stereocenters. The van der Waals surface area contributed by atoms with E-state index in [-0.39, 0.29) is 0 Å². The van der Waals surface area contributed by atoms with Crippen LogP contribution in [0.2, 0.25) is 0 Å². The summed E-state index contributed by atoms with van der Waals surface area (Å²) in [4.78, 5) is 0. The maximum atomic E-state index is 2.35. The lowest BCUT2D eigenvalue weighted by Crippen LogP contribution is -2.08. The molecule has 0 aromatic carbocycles. The average Bonchev–Trinajstić information content (AvgIpc) is 2.30. The number of hydrogen-bond donors (Lipinski definition) is 0. The van der Waals surface area contributed by atoms with Gasteiger partial charge in [0.1, 0.15) is 0 Å². The number of rotatable bonds is 3. The zero-order valence-electron chi connectivity index (χ0n) is 9.22. The molecule has 0 N–H and O–H groups in total. The van der Waals surface area contributed by atoms with Crippen LogP contribution in [0.4, 0.5) is 0 Å². The molecule has 0 bridgehead atoms. The van der Waals surface area contributed by atoms with Gasteiger partial charge in [0, 0.05) is 0 Å². The van der Waals surface area contributed by atoms with E-state index < -0.39 is 0 Å². The molecule has 0 fully saturated rings. The van der Waals surface area contributed by atoms with Crippen LogP contribution in [0, 0.1) is 11.8 Å². The largest absolute Gasteiger partial charge is 0.0845 e. The van der Waals surface area contributed by atoms with Crippen LogP contribution < -0.4 is 0 Å². The SMILES string of the molecule is CCCC1CCC=CC=C1C(C)C. The van der Waals surface area contributed by atoms with Crippen LogP contribution in [0.15, 0.2) is 23.8 Å². The Labute approximate surface area is 82.7 Å². The van der Waals surface area contributed by atoms with E-state index in [0.717, 1.165) is 11.8 Å². The molecule has 0 spiro atoms. The highest BCUT2D eigenvalue weighted by atomic mass is 14.2. The lowest BCUT2D eigenvalue weighted by atomic mass is 9.84. The van der Waals surface area contributed by atoms with Gasteiger partial charge in [-0.1, -0.05) is 51.0 Å². The predicted molar refractivity (Wildman–Crippen MR) is 59.7 cm³/mol. The third-order valence-corrected chi connectivity index (χ3v) is 2.88. The Morgan fingerprint density at radius 1 is 1.46 bits per heavy atom. The first kappa shape index (κ1) is 10.6. The van der Waals surface area contributed by atoms with Crippen molar-refractivity contribution in [2.45, 2.75) is 46.5 Å². The summed E-state index contributed by atoms with van der Waals surface area (Å²) in [6, 6.07) is 0. The smallest absolute Gasteiger partial charge is 0.0195 e. The summed E-state index contributed by atoms with van der Waals surface area (Å²) in [6.07, 6.45) is 12.2. The predicted octanol–water partition coefficient (Wildman–Crippen LogP) is 4.34. The first-order valence-corrected chi connectivity index (χ1v) is 5.62. The van der Waals surface area contributed by atoms with Crippen molar-refractivity contribution in [3.63, 3.8) is 0 Å². The molecular weight excluding hydrogens is 156 g/mol. The van der Waals surface area contributed by atoms with E-state index in [2.05, 4.69) is 39.0 Å². The summed E-state index contributed by atoms with van der Waals surface area (Å²) in [5.74, 6) is 1.57. The first-order valence-electron chi connectivity index (χ1n) is 5.62. The second-order valence-corrected chi connectivity index (χ2v) is 4.31. The molecule has 0 heterocycles. The normalized spacial score (nSPS) is 23.1. The Kier molecular flexibility index (Phi) is 4.27. The summed E-state index contributed by atoms with van der Waals surface area (Å²) in [7, 11) is 0. The van der Waals surface area contributed by atoms with E-state index in [9.17, 15) is 0 Å². The van der Waals surface area contributed by atoms with Crippen molar-refractivity contribution in [3.8, 4) is 0 Å². The summed E-state index contributed by atoms with van der Waals surface area (Å²) < 4.78 is 0. The van der Waals surface area contributed by atoms with Crippen molar-refractivity contribution >= 4 is 0 Å². The molecule has 1 aliphatic rings. The van der Waals surface area contributed by atoms with Crippen LogP contribution in [0.5, 0.6) is 0 Å². The lowest BCUT2D eigenvalue weighted by molar-refractivity contribution is 0.474. The molecular formula is C13H22. The fraction of sp³-hybridized carbons (Fsp3) is 0.692. The zero-order valence-corrected chi connectivity index (χ0v) is 9.22. The molecule has 0 heteroatoms. The second-order valence-electron chi connectivity index (χ2n) is 4.31. The van der Waals surface area contributed by atoms with Crippen molar-refractivity contribution < 1.29 is 0 Å². The van der Waals surface area contributed by atoms with Gasteiger partial charge in [0.2, 0.25) is 0 Å². The Morgan fingerprint density at radius 2 is 2.23 bits per heavy atom. The fourth-order valence-corrected chi connectivity index (χ4v) is 2.20. The Hall–Kier alpha value is -0.520. The van der Waals surface area contributed by atoms with Gasteiger partial charge in [-0.15, -0.1) is 0 Å². The minimum absolute atomic E-state index is 0.722. The molecule has 1 aliphatic carbocycles. The monoisotopic (exact) mass is 178 g/mol. The van der Waals surface area contributed by atoms with Gasteiger partial charge in [0.05, 0.1) is 0 Å². The molecule has 0 saturated carbocycles. The molecule has 74 valence electrons. The quantitative estimate of drug-likeness (QED) is 0.603. The van der Waals surface area contributed by atoms with Crippen LogP contribution in [-0.2, 0) is 0 Å². The van der Waals surface area contributed by atoms with Crippen LogP contribution in [0.3, 0.4) is 0 Å². The van der Waals surface area contributed by atoms with Gasteiger partial charge in [-0.2, -0.15) is 0 Å². The molecule has 0 aromatic rings. The molecule has 0 aliphatic heterocycles. The molecule has 0 nitrogen and oxygen atoms in total. The zero-order chi connectivity index (χ0) is 9.68. The van der Waals surface area contributed by atoms with Crippen LogP contribution in [0.1, 0.15) is 46.5 Å². The maximum absolute atomic E-state index is 2.35. The fourth-order valence-electron chi connectivity index (χ4n) is 2.20. The molecule has 0 amide bonds. The van der Waals surface area contributed by atoms with Gasteiger partial charge in [0.25, 0.3) is 0 Å². The highest BCUT2D eigenvalue weighted by Gasteiger charge is 2.16. The van der Waals surface area contributed by atoms with Crippen LogP contribution in [0.25, 0.3) is 0 Å². The molecule has 13 heavy (non-hydrogen) atoms. The Morgan fingerprint density at radius 3 is 2.85 bits per heavy atom. The van der Waals surface area contributed by atoms with E-state index >= 15 is 0 Å². The van der Waals surface area contributed by atoms with E-state index in [1.165, 1.54) is 25.7 Å². The van der Waals surface area contributed by atoms with Gasteiger partial charge in [-0.3, -0.25) is 0 Å². The van der Waals surface area contributed by atoms with Crippen LogP contribution >= 0.6 is 0 Å². The lowest BCUT2D eigenvalue weighted by Gasteiger charge is -2.21. The van der Waals surface area contributed by atoms with E-state index in [1.807, 2.05) is 0 Å². The van der Waals surface area contributed by atoms with Crippen molar-refractivity contribution in [2.75, 3.05) is 0 Å². The third kappa shape index (κ3) is 3.02. The van der Waals surface area contributed by atoms with Gasteiger partial charge in [-0.25, -0.2) is 0 Å². The Bertz CT molecular complexity index is 196. The van der Waals surface area contributed by atoms with E-state index in [1.54, 1.807) is 5.57 Å². The van der Waals surface area contributed by atoms with Crippen molar-refractivity contribution in [1.29, 1.82) is 0 Å². The maximum Gasteiger partial charge on any atom is -0.0195 e. The highest BCUT2D eigenvalue weighted by molar-refractivity contribution is 5.19. The standard InChI is InChI=1S/C13H22/c1-4-8-12-9-6-5-7-10-13(12)11(2)3/h5,7,10-12H,4,6,8-9H2,1-3H3. The van der Waals surface area contributed by atoms with Gasteiger partial charge in [-0.05, 0) is 31.1 Å². The third-order valence-electron chi connectivity index (χ3n) is 2.88. The van der Waals surface area contributed by atoms with E-state index in [0.29, 0.717) is 0 Å². The van der Waals surface area contributed by atoms with Crippen LogP contribution in [-0.4, -0.2) is 0 Å². The molecule has 0 saturated heterocycles. The summed E-state index contributed by atoms with van der Waals surface area (Å²) in [5.41, 5.74) is 1.66. The van der Waals surface area contributed by atoms with Gasteiger partial charge in [0.15, 0.2) is 0 Å². The van der Waals surface area contributed by atoms with Crippen molar-refractivity contribution in [3.05, 3.63) is 23.8 Å². The minimum atomic E-state index is 0.722. The molecule has 1 rings (SSSR count). The summed E-state index contributed by atoms with van der Waals surface area (Å²) in [6.45, 7) is 6.91. The minimum Gasteiger partial charge on any atom is -0.0845 e. The summed E-state index contributed by atoms with van der Waals surface area (Å²) in [5, 5.41) is 0. The van der Waals surface area contributed by atoms with Crippen molar-refractivity contribution in [1.82, 2.24) is 0 Å². The number of hydrogen-bond acceptors (Lipinski definition) is 0. The topological polar surface area (TPSA) is 0 Å². The molecule has 0 radical (unpaired) electrons. The average molecular weight is 178 g/mol. The van der Waals surface area contributed by atoms with E-state index in [4.69, 9.17) is 0 Å². The van der Waals surface area contributed by atoms with Gasteiger partial charge < -0.3 is 0 Å². The highest BCUT2D eigenvalue weighted by Crippen LogP contribution is 2.30. The summed E-state index contributed by atoms with van der Waals surface area (Å²) >= 11 is 0. The van der Waals surface area contributed by atoms with Crippen molar-refractivity contribution in [2.24, 2.45) is 11.8 Å². The van der Waals surface area contributed by atoms with Gasteiger partial charge >= 0.3 is 0 Å². The number of allylic oxidation sites excluding steroid dienone is 4.